The van der Waals surface area contributed by atoms with Gasteiger partial charge in [0.05, 0.1) is 5.75 Å². The summed E-state index contributed by atoms with van der Waals surface area (Å²) in [6.45, 7) is 0.425. The average Bonchev–Trinajstić information content (AvgIpc) is 3.10. The molecule has 0 radical (unpaired) electrons. The highest BCUT2D eigenvalue weighted by Crippen LogP contribution is 2.33. The Hall–Kier alpha value is 0.160. The third kappa shape index (κ3) is 5.03. The smallest absolute Gasteiger partial charge is 0.212 e. The molecule has 0 aliphatic heterocycles. The fourth-order valence-electron chi connectivity index (χ4n) is 2.78. The molecule has 0 bridgehead atoms. The van der Waals surface area contributed by atoms with Crippen molar-refractivity contribution in [1.29, 1.82) is 0 Å². The molecule has 0 spiro atoms. The summed E-state index contributed by atoms with van der Waals surface area (Å²) in [6, 6.07) is -0.0245. The summed E-state index contributed by atoms with van der Waals surface area (Å²) < 4.78 is 26.9. The van der Waals surface area contributed by atoms with Crippen LogP contribution in [0.3, 0.4) is 0 Å². The fourth-order valence-corrected chi connectivity index (χ4v) is 4.58. The van der Waals surface area contributed by atoms with Gasteiger partial charge >= 0.3 is 0 Å². The Balaban J connectivity index is 0.00000162. The van der Waals surface area contributed by atoms with Crippen molar-refractivity contribution in [2.24, 2.45) is 17.6 Å². The van der Waals surface area contributed by atoms with E-state index in [1.165, 1.54) is 19.3 Å². The van der Waals surface area contributed by atoms with Gasteiger partial charge < -0.3 is 5.73 Å². The zero-order valence-corrected chi connectivity index (χ0v) is 12.4. The zero-order chi connectivity index (χ0) is 12.3. The highest BCUT2D eigenvalue weighted by molar-refractivity contribution is 7.89. The number of hydrogen-bond acceptors (Lipinski definition) is 3. The van der Waals surface area contributed by atoms with Crippen molar-refractivity contribution in [1.82, 2.24) is 4.72 Å². The van der Waals surface area contributed by atoms with Crippen LogP contribution in [0.2, 0.25) is 0 Å². The molecule has 2 aliphatic carbocycles. The fraction of sp³-hybridized carbons (Fsp3) is 1.00. The van der Waals surface area contributed by atoms with Crippen LogP contribution in [0.4, 0.5) is 0 Å². The average molecular weight is 297 g/mol. The van der Waals surface area contributed by atoms with Gasteiger partial charge in [-0.05, 0) is 37.5 Å². The Morgan fingerprint density at radius 3 is 2.22 bits per heavy atom. The van der Waals surface area contributed by atoms with Crippen molar-refractivity contribution in [3.8, 4) is 0 Å². The summed E-state index contributed by atoms with van der Waals surface area (Å²) >= 11 is 0. The Morgan fingerprint density at radius 2 is 1.72 bits per heavy atom. The maximum absolute atomic E-state index is 12.0. The lowest BCUT2D eigenvalue weighted by molar-refractivity contribution is 0.382. The molecule has 108 valence electrons. The minimum absolute atomic E-state index is 0. The Morgan fingerprint density at radius 1 is 1.11 bits per heavy atom. The van der Waals surface area contributed by atoms with Gasteiger partial charge in [0.2, 0.25) is 10.0 Å². The molecule has 0 heterocycles. The normalized spacial score (nSPS) is 23.4. The summed E-state index contributed by atoms with van der Waals surface area (Å²) in [5.74, 6) is 1.15. The van der Waals surface area contributed by atoms with E-state index in [0.29, 0.717) is 24.1 Å². The molecule has 2 rings (SSSR count). The quantitative estimate of drug-likeness (QED) is 0.783. The van der Waals surface area contributed by atoms with Gasteiger partial charge in [-0.25, -0.2) is 13.1 Å². The molecular weight excluding hydrogens is 272 g/mol. The summed E-state index contributed by atoms with van der Waals surface area (Å²) in [4.78, 5) is 0. The van der Waals surface area contributed by atoms with Crippen LogP contribution in [0.15, 0.2) is 0 Å². The number of hydrogen-bond donors (Lipinski definition) is 2. The van der Waals surface area contributed by atoms with Crippen LogP contribution in [0, 0.1) is 11.8 Å². The SMILES string of the molecule is Cl.NCC(NS(=O)(=O)CC1CCCCC1)C1CC1. The lowest BCUT2D eigenvalue weighted by Crippen LogP contribution is -2.43. The number of halogens is 1. The second-order valence-corrected chi connectivity index (χ2v) is 7.38. The maximum Gasteiger partial charge on any atom is 0.212 e. The van der Waals surface area contributed by atoms with Crippen molar-refractivity contribution < 1.29 is 8.42 Å². The van der Waals surface area contributed by atoms with E-state index >= 15 is 0 Å². The molecular formula is C12H25ClN2O2S. The van der Waals surface area contributed by atoms with E-state index in [-0.39, 0.29) is 18.4 Å². The van der Waals surface area contributed by atoms with E-state index in [2.05, 4.69) is 4.72 Å². The van der Waals surface area contributed by atoms with Gasteiger partial charge in [-0.2, -0.15) is 0 Å². The molecule has 6 heteroatoms. The molecule has 4 nitrogen and oxygen atoms in total. The molecule has 1 atom stereocenters. The lowest BCUT2D eigenvalue weighted by atomic mass is 9.91. The first-order valence-electron chi connectivity index (χ1n) is 6.81. The van der Waals surface area contributed by atoms with Crippen LogP contribution in [0.1, 0.15) is 44.9 Å². The van der Waals surface area contributed by atoms with Crippen LogP contribution in [-0.4, -0.2) is 26.8 Å². The van der Waals surface area contributed by atoms with Crippen LogP contribution < -0.4 is 10.5 Å². The Labute approximate surface area is 117 Å². The molecule has 0 aromatic carbocycles. The molecule has 2 saturated carbocycles. The molecule has 0 saturated heterocycles. The highest BCUT2D eigenvalue weighted by atomic mass is 35.5. The highest BCUT2D eigenvalue weighted by Gasteiger charge is 2.33. The predicted molar refractivity (Wildman–Crippen MR) is 76.3 cm³/mol. The molecule has 3 N–H and O–H groups in total. The summed E-state index contributed by atoms with van der Waals surface area (Å²) in [5.41, 5.74) is 5.63. The van der Waals surface area contributed by atoms with Gasteiger partial charge in [-0.1, -0.05) is 19.3 Å². The van der Waals surface area contributed by atoms with E-state index < -0.39 is 10.0 Å². The van der Waals surface area contributed by atoms with Gasteiger partial charge in [0.1, 0.15) is 0 Å². The maximum atomic E-state index is 12.0. The van der Waals surface area contributed by atoms with Crippen molar-refractivity contribution >= 4 is 22.4 Å². The second kappa shape index (κ2) is 7.08. The first-order valence-corrected chi connectivity index (χ1v) is 8.46. The second-order valence-electron chi connectivity index (χ2n) is 5.58. The molecule has 0 amide bonds. The topological polar surface area (TPSA) is 72.2 Å². The number of rotatable bonds is 6. The number of nitrogens with one attached hydrogen (secondary N) is 1. The van der Waals surface area contributed by atoms with E-state index in [4.69, 9.17) is 5.73 Å². The molecule has 0 aromatic heterocycles. The van der Waals surface area contributed by atoms with Gasteiger partial charge in [0.15, 0.2) is 0 Å². The predicted octanol–water partition coefficient (Wildman–Crippen LogP) is 1.65. The van der Waals surface area contributed by atoms with Crippen molar-refractivity contribution in [3.63, 3.8) is 0 Å². The van der Waals surface area contributed by atoms with Crippen molar-refractivity contribution in [2.75, 3.05) is 12.3 Å². The van der Waals surface area contributed by atoms with Crippen LogP contribution in [0.5, 0.6) is 0 Å². The molecule has 2 aliphatic rings. The molecule has 1 unspecified atom stereocenters. The summed E-state index contributed by atoms with van der Waals surface area (Å²) in [5, 5.41) is 0. The monoisotopic (exact) mass is 296 g/mol. The third-order valence-corrected chi connectivity index (χ3v) is 5.53. The van der Waals surface area contributed by atoms with Crippen molar-refractivity contribution in [3.05, 3.63) is 0 Å². The van der Waals surface area contributed by atoms with E-state index in [1.807, 2.05) is 0 Å². The van der Waals surface area contributed by atoms with Gasteiger partial charge in [-0.15, -0.1) is 12.4 Å². The molecule has 2 fully saturated rings. The zero-order valence-electron chi connectivity index (χ0n) is 10.8. The van der Waals surface area contributed by atoms with E-state index in [9.17, 15) is 8.42 Å². The Kier molecular flexibility index (Phi) is 6.38. The standard InChI is InChI=1S/C12H24N2O2S.ClH/c13-8-12(11-6-7-11)14-17(15,16)9-10-4-2-1-3-5-10;/h10-12,14H,1-9,13H2;1H. The van der Waals surface area contributed by atoms with E-state index in [0.717, 1.165) is 25.7 Å². The van der Waals surface area contributed by atoms with Crippen LogP contribution in [0.25, 0.3) is 0 Å². The first kappa shape index (κ1) is 16.2. The molecule has 18 heavy (non-hydrogen) atoms. The Bertz CT molecular complexity index is 338. The lowest BCUT2D eigenvalue weighted by Gasteiger charge is -2.23. The first-order chi connectivity index (χ1) is 8.11. The van der Waals surface area contributed by atoms with Gasteiger partial charge in [0.25, 0.3) is 0 Å². The van der Waals surface area contributed by atoms with Crippen molar-refractivity contribution in [2.45, 2.75) is 51.0 Å². The number of nitrogens with two attached hydrogens (primary N) is 1. The summed E-state index contributed by atoms with van der Waals surface area (Å²) in [7, 11) is -3.13. The number of sulfonamides is 1. The van der Waals surface area contributed by atoms with E-state index in [1.54, 1.807) is 0 Å². The third-order valence-electron chi connectivity index (χ3n) is 3.96. The van der Waals surface area contributed by atoms with Gasteiger partial charge in [-0.3, -0.25) is 0 Å². The molecule has 0 aromatic rings. The van der Waals surface area contributed by atoms with Gasteiger partial charge in [0, 0.05) is 12.6 Å². The minimum Gasteiger partial charge on any atom is -0.329 e. The largest absolute Gasteiger partial charge is 0.329 e. The van der Waals surface area contributed by atoms with Crippen LogP contribution in [-0.2, 0) is 10.0 Å². The van der Waals surface area contributed by atoms with Crippen LogP contribution >= 0.6 is 12.4 Å². The minimum atomic E-state index is -3.13. The summed E-state index contributed by atoms with van der Waals surface area (Å²) in [6.07, 6.45) is 8.00.